The molecule has 0 aliphatic rings. The van der Waals surface area contributed by atoms with Crippen molar-refractivity contribution in [2.24, 2.45) is 5.73 Å². The van der Waals surface area contributed by atoms with E-state index in [1.807, 2.05) is 52.0 Å². The molecule has 0 heterocycles. The highest BCUT2D eigenvalue weighted by Crippen LogP contribution is 2.30. The predicted octanol–water partition coefficient (Wildman–Crippen LogP) is 2.57. The number of esters is 1. The van der Waals surface area contributed by atoms with E-state index in [9.17, 15) is 4.79 Å². The van der Waals surface area contributed by atoms with Crippen molar-refractivity contribution in [3.8, 4) is 0 Å². The van der Waals surface area contributed by atoms with E-state index in [1.165, 1.54) is 7.11 Å². The second-order valence-corrected chi connectivity index (χ2v) is 6.35. The molecule has 4 nitrogen and oxygen atoms in total. The Hall–Kier alpha value is -1.39. The normalized spacial score (nSPS) is 14.6. The number of rotatable bonds is 6. The van der Waals surface area contributed by atoms with Gasteiger partial charge in [0.1, 0.15) is 5.41 Å². The maximum Gasteiger partial charge on any atom is 0.317 e. The molecule has 1 aromatic rings. The van der Waals surface area contributed by atoms with Gasteiger partial charge in [-0.1, -0.05) is 29.8 Å². The van der Waals surface area contributed by atoms with E-state index in [4.69, 9.17) is 15.2 Å². The summed E-state index contributed by atoms with van der Waals surface area (Å²) in [4.78, 5) is 12.3. The summed E-state index contributed by atoms with van der Waals surface area (Å²) in [6, 6.07) is 7.84. The first-order valence-corrected chi connectivity index (χ1v) is 7.25. The molecule has 0 amide bonds. The number of nitrogens with two attached hydrogens (primary N) is 1. The molecule has 0 spiro atoms. The zero-order valence-corrected chi connectivity index (χ0v) is 13.7. The van der Waals surface area contributed by atoms with Crippen LogP contribution in [0.1, 0.15) is 38.3 Å². The maximum absolute atomic E-state index is 12.3. The Kier molecular flexibility index (Phi) is 5.93. The van der Waals surface area contributed by atoms with Crippen LogP contribution >= 0.6 is 0 Å². The van der Waals surface area contributed by atoms with Gasteiger partial charge in [0.2, 0.25) is 0 Å². The minimum Gasteiger partial charge on any atom is -0.468 e. The quantitative estimate of drug-likeness (QED) is 0.819. The highest BCUT2D eigenvalue weighted by Gasteiger charge is 2.40. The number of methoxy groups -OCH3 is 1. The Labute approximate surface area is 127 Å². The Morgan fingerprint density at radius 1 is 1.19 bits per heavy atom. The maximum atomic E-state index is 12.3. The van der Waals surface area contributed by atoms with E-state index in [0.29, 0.717) is 13.0 Å². The molecule has 0 radical (unpaired) electrons. The van der Waals surface area contributed by atoms with E-state index in [-0.39, 0.29) is 18.1 Å². The van der Waals surface area contributed by atoms with Crippen LogP contribution in [0.15, 0.2) is 24.3 Å². The highest BCUT2D eigenvalue weighted by atomic mass is 16.5. The number of hydrogen-bond acceptors (Lipinski definition) is 4. The van der Waals surface area contributed by atoms with Gasteiger partial charge in [-0.2, -0.15) is 0 Å². The lowest BCUT2D eigenvalue weighted by Crippen LogP contribution is -2.45. The van der Waals surface area contributed by atoms with E-state index in [1.54, 1.807) is 0 Å². The van der Waals surface area contributed by atoms with Crippen LogP contribution in [0.5, 0.6) is 0 Å². The van der Waals surface area contributed by atoms with E-state index >= 15 is 0 Å². The number of aryl methyl sites for hydroxylation is 1. The molecule has 0 saturated carbocycles. The van der Waals surface area contributed by atoms with Crippen LogP contribution in [-0.2, 0) is 19.7 Å². The molecule has 4 heteroatoms. The Morgan fingerprint density at radius 3 is 2.19 bits per heavy atom. The van der Waals surface area contributed by atoms with Crippen LogP contribution in [0.25, 0.3) is 0 Å². The van der Waals surface area contributed by atoms with Gasteiger partial charge in [0.05, 0.1) is 12.7 Å². The third kappa shape index (κ3) is 4.55. The molecule has 0 bridgehead atoms. The fraction of sp³-hybridized carbons (Fsp3) is 0.588. The minimum absolute atomic E-state index is 0.191. The Balaban J connectivity index is 3.04. The third-order valence-electron chi connectivity index (χ3n) is 3.59. The summed E-state index contributed by atoms with van der Waals surface area (Å²) in [6.07, 6.45) is 0.497. The molecule has 1 rings (SSSR count). The van der Waals surface area contributed by atoms with E-state index in [0.717, 1.165) is 11.1 Å². The van der Waals surface area contributed by atoms with E-state index in [2.05, 4.69) is 0 Å². The van der Waals surface area contributed by atoms with Gasteiger partial charge in [0, 0.05) is 13.2 Å². The first-order valence-electron chi connectivity index (χ1n) is 7.25. The van der Waals surface area contributed by atoms with Gasteiger partial charge in [-0.25, -0.2) is 0 Å². The average molecular weight is 293 g/mol. The Bertz CT molecular complexity index is 462. The lowest BCUT2D eigenvalue weighted by Gasteiger charge is -2.31. The molecule has 0 aliphatic carbocycles. The monoisotopic (exact) mass is 293 g/mol. The zero-order chi connectivity index (χ0) is 16.1. The first-order chi connectivity index (χ1) is 9.75. The second-order valence-electron chi connectivity index (χ2n) is 6.35. The molecule has 2 N–H and O–H groups in total. The third-order valence-corrected chi connectivity index (χ3v) is 3.59. The SMILES string of the molecule is COC(=O)C(CN)(CCOC(C)(C)C)c1ccc(C)cc1. The van der Waals surface area contributed by atoms with E-state index < -0.39 is 5.41 Å². The first kappa shape index (κ1) is 17.7. The summed E-state index contributed by atoms with van der Waals surface area (Å²) in [6.45, 7) is 8.61. The summed E-state index contributed by atoms with van der Waals surface area (Å²) in [5.74, 6) is -0.314. The number of carbonyl (C=O) groups is 1. The summed E-state index contributed by atoms with van der Waals surface area (Å²) < 4.78 is 10.8. The van der Waals surface area contributed by atoms with Gasteiger partial charge in [0.15, 0.2) is 0 Å². The van der Waals surface area contributed by atoms with Crippen LogP contribution in [0.2, 0.25) is 0 Å². The number of carbonyl (C=O) groups excluding carboxylic acids is 1. The average Bonchev–Trinajstić information content (AvgIpc) is 2.43. The fourth-order valence-corrected chi connectivity index (χ4v) is 2.27. The van der Waals surface area contributed by atoms with Crippen molar-refractivity contribution in [2.45, 2.75) is 45.1 Å². The molecule has 1 aromatic carbocycles. The van der Waals surface area contributed by atoms with Crippen LogP contribution in [0.4, 0.5) is 0 Å². The summed E-state index contributed by atoms with van der Waals surface area (Å²) in [5.41, 5.74) is 6.86. The molecule has 1 atom stereocenters. The molecule has 21 heavy (non-hydrogen) atoms. The van der Waals surface area contributed by atoms with Crippen molar-refractivity contribution in [3.63, 3.8) is 0 Å². The largest absolute Gasteiger partial charge is 0.468 e. The lowest BCUT2D eigenvalue weighted by molar-refractivity contribution is -0.148. The van der Waals surface area contributed by atoms with Crippen molar-refractivity contribution in [1.82, 2.24) is 0 Å². The van der Waals surface area contributed by atoms with Crippen molar-refractivity contribution < 1.29 is 14.3 Å². The topological polar surface area (TPSA) is 61.5 Å². The summed E-state index contributed by atoms with van der Waals surface area (Å²) in [5, 5.41) is 0. The zero-order valence-electron chi connectivity index (χ0n) is 13.7. The van der Waals surface area contributed by atoms with Crippen molar-refractivity contribution >= 4 is 5.97 Å². The predicted molar refractivity (Wildman–Crippen MR) is 84.2 cm³/mol. The summed E-state index contributed by atoms with van der Waals surface area (Å²) >= 11 is 0. The molecular formula is C17H27NO3. The second kappa shape index (κ2) is 7.05. The highest BCUT2D eigenvalue weighted by molar-refractivity contribution is 5.83. The van der Waals surface area contributed by atoms with Gasteiger partial charge >= 0.3 is 5.97 Å². The van der Waals surface area contributed by atoms with Crippen molar-refractivity contribution in [1.29, 1.82) is 0 Å². The van der Waals surface area contributed by atoms with Crippen molar-refractivity contribution in [3.05, 3.63) is 35.4 Å². The number of hydrogen-bond donors (Lipinski definition) is 1. The van der Waals surface area contributed by atoms with Gasteiger partial charge < -0.3 is 15.2 Å². The molecule has 0 fully saturated rings. The van der Waals surface area contributed by atoms with Gasteiger partial charge in [0.25, 0.3) is 0 Å². The molecule has 0 aliphatic heterocycles. The lowest BCUT2D eigenvalue weighted by atomic mass is 9.77. The van der Waals surface area contributed by atoms with Crippen LogP contribution < -0.4 is 5.73 Å². The van der Waals surface area contributed by atoms with Gasteiger partial charge in [-0.15, -0.1) is 0 Å². The van der Waals surface area contributed by atoms with Crippen LogP contribution in [0.3, 0.4) is 0 Å². The number of ether oxygens (including phenoxy) is 2. The minimum atomic E-state index is -0.853. The van der Waals surface area contributed by atoms with Crippen LogP contribution in [0, 0.1) is 6.92 Å². The standard InChI is InChI=1S/C17H27NO3/c1-13-6-8-14(9-7-13)17(12-18,15(19)20-5)10-11-21-16(2,3)4/h6-9H,10-12,18H2,1-5H3. The van der Waals surface area contributed by atoms with Crippen LogP contribution in [-0.4, -0.2) is 31.8 Å². The number of benzene rings is 1. The fourth-order valence-electron chi connectivity index (χ4n) is 2.27. The summed E-state index contributed by atoms with van der Waals surface area (Å²) in [7, 11) is 1.39. The molecule has 0 saturated heterocycles. The molecule has 1 unspecified atom stereocenters. The van der Waals surface area contributed by atoms with Crippen molar-refractivity contribution in [2.75, 3.05) is 20.3 Å². The molecular weight excluding hydrogens is 266 g/mol. The Morgan fingerprint density at radius 2 is 1.76 bits per heavy atom. The molecule has 0 aromatic heterocycles. The van der Waals surface area contributed by atoms with Gasteiger partial charge in [-0.05, 0) is 39.7 Å². The smallest absolute Gasteiger partial charge is 0.317 e. The van der Waals surface area contributed by atoms with Gasteiger partial charge in [-0.3, -0.25) is 4.79 Å². The molecule has 118 valence electrons.